The normalized spacial score (nSPS) is 10.2. The number of rotatable bonds is 5. The summed E-state index contributed by atoms with van der Waals surface area (Å²) in [5, 5.41) is 9.61. The van der Waals surface area contributed by atoms with Gasteiger partial charge < -0.3 is 16.4 Å². The molecule has 0 radical (unpaired) electrons. The number of nitrogen functional groups attached to an aromatic ring is 1. The number of hydrogen-bond acceptors (Lipinski definition) is 5. The zero-order chi connectivity index (χ0) is 19.4. The highest BCUT2D eigenvalue weighted by Gasteiger charge is 2.18. The molecule has 4 N–H and O–H groups in total. The topological polar surface area (TPSA) is 114 Å². The lowest BCUT2D eigenvalue weighted by Gasteiger charge is -2.11. The van der Waals surface area contributed by atoms with E-state index in [1.807, 2.05) is 6.07 Å². The van der Waals surface area contributed by atoms with E-state index in [1.54, 1.807) is 48.5 Å². The third kappa shape index (κ3) is 3.67. The summed E-state index contributed by atoms with van der Waals surface area (Å²) in [5.41, 5.74) is 7.07. The van der Waals surface area contributed by atoms with Gasteiger partial charge in [0.2, 0.25) is 5.91 Å². The summed E-state index contributed by atoms with van der Waals surface area (Å²) in [7, 11) is 0. The van der Waals surface area contributed by atoms with E-state index >= 15 is 0 Å². The van der Waals surface area contributed by atoms with E-state index in [-0.39, 0.29) is 22.8 Å². The molecule has 0 atom stereocenters. The van der Waals surface area contributed by atoms with Crippen LogP contribution in [0.5, 0.6) is 0 Å². The van der Waals surface area contributed by atoms with Crippen molar-refractivity contribution < 1.29 is 9.59 Å². The number of hydrogen-bond donors (Lipinski definition) is 3. The summed E-state index contributed by atoms with van der Waals surface area (Å²) >= 11 is 0. The lowest BCUT2D eigenvalue weighted by Crippen LogP contribution is -2.13. The zero-order valence-electron chi connectivity index (χ0n) is 14.2. The largest absolute Gasteiger partial charge is 0.396 e. The predicted octanol–water partition coefficient (Wildman–Crippen LogP) is 4.20. The van der Waals surface area contributed by atoms with Crippen molar-refractivity contribution in [3.63, 3.8) is 0 Å². The highest BCUT2D eigenvalue weighted by atomic mass is 16.3. The number of nitroso groups, excluding NO2 is 1. The number of benzene rings is 3. The maximum Gasteiger partial charge on any atom is 0.258 e. The molecule has 3 aromatic carbocycles. The van der Waals surface area contributed by atoms with Gasteiger partial charge >= 0.3 is 0 Å². The molecule has 3 rings (SSSR count). The Morgan fingerprint density at radius 3 is 2.41 bits per heavy atom. The number of carbonyl (C=O) groups is 2. The Morgan fingerprint density at radius 1 is 1.00 bits per heavy atom. The van der Waals surface area contributed by atoms with Crippen LogP contribution in [-0.2, 0) is 4.79 Å². The van der Waals surface area contributed by atoms with Gasteiger partial charge in [0.05, 0.1) is 11.3 Å². The van der Waals surface area contributed by atoms with Gasteiger partial charge in [-0.1, -0.05) is 36.9 Å². The summed E-state index contributed by atoms with van der Waals surface area (Å²) in [6.45, 7) is 3.39. The Morgan fingerprint density at radius 2 is 1.70 bits per heavy atom. The maximum absolute atomic E-state index is 12.7. The average molecular weight is 360 g/mol. The molecule has 0 bridgehead atoms. The molecule has 0 aromatic heterocycles. The molecule has 0 spiro atoms. The summed E-state index contributed by atoms with van der Waals surface area (Å²) in [6.07, 6.45) is 1.14. The molecule has 0 saturated heterocycles. The smallest absolute Gasteiger partial charge is 0.258 e. The van der Waals surface area contributed by atoms with Crippen LogP contribution in [0, 0.1) is 4.91 Å². The molecule has 0 saturated carbocycles. The second kappa shape index (κ2) is 7.49. The number of nitrogens with one attached hydrogen (secondary N) is 2. The van der Waals surface area contributed by atoms with Gasteiger partial charge in [-0.2, -0.15) is 0 Å². The Kier molecular flexibility index (Phi) is 4.94. The molecule has 0 aliphatic rings. The first-order valence-electron chi connectivity index (χ1n) is 8.03. The van der Waals surface area contributed by atoms with Gasteiger partial charge in [-0.05, 0) is 40.9 Å². The van der Waals surface area contributed by atoms with Crippen LogP contribution in [0.2, 0.25) is 0 Å². The molecular formula is C20H16N4O3. The Labute approximate surface area is 154 Å². The van der Waals surface area contributed by atoms with Crippen LogP contribution in [0.15, 0.2) is 72.4 Å². The van der Waals surface area contributed by atoms with Gasteiger partial charge in [0.25, 0.3) is 5.91 Å². The van der Waals surface area contributed by atoms with Crippen molar-refractivity contribution in [3.05, 3.63) is 77.7 Å². The second-order valence-corrected chi connectivity index (χ2v) is 5.73. The molecule has 0 fully saturated rings. The van der Waals surface area contributed by atoms with Crippen molar-refractivity contribution in [2.45, 2.75) is 0 Å². The number of carbonyl (C=O) groups excluding carboxylic acids is 2. The first-order valence-corrected chi connectivity index (χ1v) is 8.03. The van der Waals surface area contributed by atoms with Crippen LogP contribution in [0.25, 0.3) is 10.8 Å². The minimum Gasteiger partial charge on any atom is -0.396 e. The molecule has 3 aromatic rings. The minimum absolute atomic E-state index is 0.0710. The van der Waals surface area contributed by atoms with Crippen LogP contribution < -0.4 is 16.4 Å². The monoisotopic (exact) mass is 360 g/mol. The van der Waals surface area contributed by atoms with Crippen LogP contribution >= 0.6 is 0 Å². The van der Waals surface area contributed by atoms with Gasteiger partial charge in [0, 0.05) is 16.8 Å². The van der Waals surface area contributed by atoms with Crippen molar-refractivity contribution in [3.8, 4) is 0 Å². The molecule has 7 nitrogen and oxygen atoms in total. The van der Waals surface area contributed by atoms with Gasteiger partial charge in [0.1, 0.15) is 5.69 Å². The van der Waals surface area contributed by atoms with Gasteiger partial charge in [-0.3, -0.25) is 9.59 Å². The quantitative estimate of drug-likeness (QED) is 0.359. The SMILES string of the molecule is C=CC(=O)Nc1cccc(NC(=O)c2cc3ccccc3c(N)c2N=O)c1. The Hall–Kier alpha value is -4.00. The highest BCUT2D eigenvalue weighted by Crippen LogP contribution is 2.35. The maximum atomic E-state index is 12.7. The van der Waals surface area contributed by atoms with E-state index in [9.17, 15) is 14.5 Å². The van der Waals surface area contributed by atoms with Crippen molar-refractivity contribution >= 4 is 45.3 Å². The van der Waals surface area contributed by atoms with E-state index in [4.69, 9.17) is 5.73 Å². The zero-order valence-corrected chi connectivity index (χ0v) is 14.2. The molecule has 0 aliphatic carbocycles. The van der Waals surface area contributed by atoms with Crippen molar-refractivity contribution in [2.24, 2.45) is 5.18 Å². The molecule has 7 heteroatoms. The van der Waals surface area contributed by atoms with E-state index in [2.05, 4.69) is 22.4 Å². The van der Waals surface area contributed by atoms with Crippen molar-refractivity contribution in [1.82, 2.24) is 0 Å². The molecule has 134 valence electrons. The van der Waals surface area contributed by atoms with Gasteiger partial charge in [-0.25, -0.2) is 0 Å². The summed E-state index contributed by atoms with van der Waals surface area (Å²) < 4.78 is 0. The summed E-state index contributed by atoms with van der Waals surface area (Å²) in [5.74, 6) is -0.900. The number of fused-ring (bicyclic) bond motifs is 1. The van der Waals surface area contributed by atoms with Crippen LogP contribution in [-0.4, -0.2) is 11.8 Å². The molecule has 0 heterocycles. The second-order valence-electron chi connectivity index (χ2n) is 5.73. The summed E-state index contributed by atoms with van der Waals surface area (Å²) in [4.78, 5) is 35.4. The number of amides is 2. The van der Waals surface area contributed by atoms with E-state index in [1.165, 1.54) is 0 Å². The fraction of sp³-hybridized carbons (Fsp3) is 0. The van der Waals surface area contributed by atoms with Crippen LogP contribution in [0.1, 0.15) is 10.4 Å². The van der Waals surface area contributed by atoms with Crippen LogP contribution in [0.4, 0.5) is 22.7 Å². The third-order valence-corrected chi connectivity index (χ3v) is 3.97. The van der Waals surface area contributed by atoms with Crippen LogP contribution in [0.3, 0.4) is 0 Å². The molecule has 0 unspecified atom stereocenters. The standard InChI is InChI=1S/C20H16N4O3/c1-2-17(25)22-13-7-5-8-14(11-13)23-20(26)16-10-12-6-3-4-9-15(12)18(21)19(16)24-27/h2-11H,1,21H2,(H,22,25)(H,23,26). The average Bonchev–Trinajstić information content (AvgIpc) is 2.68. The van der Waals surface area contributed by atoms with Crippen molar-refractivity contribution in [1.29, 1.82) is 0 Å². The fourth-order valence-corrected chi connectivity index (χ4v) is 2.70. The lowest BCUT2D eigenvalue weighted by atomic mass is 10.0. The number of nitrogens with zero attached hydrogens (tertiary/aromatic N) is 1. The van der Waals surface area contributed by atoms with Crippen molar-refractivity contribution in [2.75, 3.05) is 16.4 Å². The van der Waals surface area contributed by atoms with E-state index in [0.717, 1.165) is 11.5 Å². The first-order chi connectivity index (χ1) is 13.0. The first kappa shape index (κ1) is 17.8. The third-order valence-electron chi connectivity index (χ3n) is 3.97. The minimum atomic E-state index is -0.533. The highest BCUT2D eigenvalue weighted by molar-refractivity contribution is 6.14. The fourth-order valence-electron chi connectivity index (χ4n) is 2.70. The Bertz CT molecular complexity index is 1080. The molecular weight excluding hydrogens is 344 g/mol. The predicted molar refractivity (Wildman–Crippen MR) is 107 cm³/mol. The van der Waals surface area contributed by atoms with Gasteiger partial charge in [0.15, 0.2) is 0 Å². The molecule has 0 aliphatic heterocycles. The number of anilines is 3. The van der Waals surface area contributed by atoms with E-state index in [0.29, 0.717) is 16.8 Å². The Balaban J connectivity index is 1.95. The number of nitrogens with two attached hydrogens (primary N) is 1. The molecule has 2 amide bonds. The lowest BCUT2D eigenvalue weighted by molar-refractivity contribution is -0.111. The summed E-state index contributed by atoms with van der Waals surface area (Å²) in [6, 6.07) is 15.3. The molecule has 27 heavy (non-hydrogen) atoms. The van der Waals surface area contributed by atoms with Gasteiger partial charge in [-0.15, -0.1) is 4.91 Å². The van der Waals surface area contributed by atoms with E-state index < -0.39 is 5.91 Å².